The number of carboxylic acids is 1. The van der Waals surface area contributed by atoms with Gasteiger partial charge in [-0.05, 0) is 44.4 Å². The first-order chi connectivity index (χ1) is 17.4. The van der Waals surface area contributed by atoms with Gasteiger partial charge in [0, 0.05) is 44.0 Å². The van der Waals surface area contributed by atoms with E-state index in [0.717, 1.165) is 42.7 Å². The van der Waals surface area contributed by atoms with Crippen LogP contribution in [0, 0.1) is 5.92 Å². The summed E-state index contributed by atoms with van der Waals surface area (Å²) in [6, 6.07) is 0.234. The molecule has 200 valence electrons. The lowest BCUT2D eigenvalue weighted by Crippen LogP contribution is -2.56. The van der Waals surface area contributed by atoms with Gasteiger partial charge in [0.25, 0.3) is 0 Å². The van der Waals surface area contributed by atoms with Crippen LogP contribution in [0.5, 0.6) is 0 Å². The van der Waals surface area contributed by atoms with Crippen molar-refractivity contribution in [3.05, 3.63) is 6.20 Å². The molecule has 2 saturated heterocycles. The second-order valence-corrected chi connectivity index (χ2v) is 12.3. The highest BCUT2D eigenvalue weighted by Crippen LogP contribution is 2.33. The average molecular weight is 540 g/mol. The van der Waals surface area contributed by atoms with Crippen LogP contribution in [-0.2, 0) is 9.53 Å². The van der Waals surface area contributed by atoms with Crippen molar-refractivity contribution >= 4 is 46.3 Å². The van der Waals surface area contributed by atoms with Crippen LogP contribution in [0.4, 0.5) is 14.7 Å². The van der Waals surface area contributed by atoms with Gasteiger partial charge in [0.2, 0.25) is 0 Å². The molecule has 0 unspecified atom stereocenters. The van der Waals surface area contributed by atoms with Crippen LogP contribution < -0.4 is 5.32 Å². The highest BCUT2D eigenvalue weighted by Gasteiger charge is 2.36. The Hall–Kier alpha value is -2.05. The Bertz CT molecular complexity index is 893. The Balaban J connectivity index is 1.37. The smallest absolute Gasteiger partial charge is 0.324 e. The van der Waals surface area contributed by atoms with Crippen LogP contribution in [0.3, 0.4) is 0 Å². The number of piperidine rings is 1. The molecule has 3 fully saturated rings. The molecule has 1 aromatic rings. The lowest BCUT2D eigenvalue weighted by atomic mass is 9.85. The Morgan fingerprint density at radius 2 is 1.72 bits per heavy atom. The van der Waals surface area contributed by atoms with Crippen molar-refractivity contribution in [1.29, 1.82) is 0 Å². The number of carboxylic acid groups (broad SMARTS) is 1. The molecule has 4 amide bonds. The number of carbonyl (C=O) groups excluding carboxylic acids is 2. The molecule has 0 bridgehead atoms. The van der Waals surface area contributed by atoms with Crippen molar-refractivity contribution in [3.8, 4) is 0 Å². The fraction of sp³-hybridized carbons (Fsp3) is 0.750. The molecular weight excluding hydrogens is 502 g/mol. The van der Waals surface area contributed by atoms with E-state index in [4.69, 9.17) is 9.84 Å². The highest BCUT2D eigenvalue weighted by atomic mass is 32.2. The first kappa shape index (κ1) is 27.0. The molecule has 1 aromatic heterocycles. The molecule has 10 nitrogen and oxygen atoms in total. The predicted octanol–water partition coefficient (Wildman–Crippen LogP) is 4.04. The minimum Gasteiger partial charge on any atom is -0.481 e. The van der Waals surface area contributed by atoms with Crippen molar-refractivity contribution in [1.82, 2.24) is 19.7 Å². The third kappa shape index (κ3) is 7.25. The summed E-state index contributed by atoms with van der Waals surface area (Å²) in [4.78, 5) is 47.4. The number of rotatable bonds is 7. The lowest BCUT2D eigenvalue weighted by molar-refractivity contribution is -0.136. The number of ether oxygens (including phenoxy) is 1. The molecule has 3 heterocycles. The van der Waals surface area contributed by atoms with Crippen LogP contribution in [0.25, 0.3) is 0 Å². The summed E-state index contributed by atoms with van der Waals surface area (Å²) in [7, 11) is 0. The monoisotopic (exact) mass is 539 g/mol. The Labute approximate surface area is 220 Å². The number of anilines is 1. The second-order valence-electron chi connectivity index (χ2n) is 9.83. The molecule has 1 saturated carbocycles. The van der Waals surface area contributed by atoms with E-state index >= 15 is 0 Å². The fourth-order valence-corrected chi connectivity index (χ4v) is 7.09. The van der Waals surface area contributed by atoms with Crippen molar-refractivity contribution in [3.63, 3.8) is 0 Å². The van der Waals surface area contributed by atoms with Crippen LogP contribution in [-0.4, -0.2) is 100 Å². The first-order valence-corrected chi connectivity index (χ1v) is 14.7. The molecule has 0 radical (unpaired) electrons. The van der Waals surface area contributed by atoms with E-state index in [1.165, 1.54) is 23.1 Å². The topological polar surface area (TPSA) is 115 Å². The van der Waals surface area contributed by atoms with Crippen LogP contribution in [0.2, 0.25) is 0 Å². The van der Waals surface area contributed by atoms with Crippen LogP contribution in [0.15, 0.2) is 10.4 Å². The number of hydrogen-bond acceptors (Lipinski definition) is 7. The van der Waals surface area contributed by atoms with Crippen molar-refractivity contribution in [2.24, 2.45) is 5.92 Å². The van der Waals surface area contributed by atoms with Gasteiger partial charge in [-0.2, -0.15) is 0 Å². The number of hydrogen-bond donors (Lipinski definition) is 2. The number of thiazole rings is 1. The molecule has 1 aliphatic carbocycles. The molecule has 0 aromatic carbocycles. The maximum absolute atomic E-state index is 13.6. The van der Waals surface area contributed by atoms with E-state index in [2.05, 4.69) is 17.2 Å². The fourth-order valence-electron chi connectivity index (χ4n) is 5.22. The van der Waals surface area contributed by atoms with Crippen molar-refractivity contribution < 1.29 is 24.2 Å². The third-order valence-electron chi connectivity index (χ3n) is 7.28. The lowest BCUT2D eigenvalue weighted by Gasteiger charge is -2.44. The van der Waals surface area contributed by atoms with Gasteiger partial charge in [0.1, 0.15) is 0 Å². The van der Waals surface area contributed by atoms with E-state index in [0.29, 0.717) is 56.2 Å². The summed E-state index contributed by atoms with van der Waals surface area (Å²) in [5.41, 5.74) is 0. The molecule has 0 spiro atoms. The Kier molecular flexibility index (Phi) is 9.72. The summed E-state index contributed by atoms with van der Waals surface area (Å²) >= 11 is 2.81. The zero-order chi connectivity index (χ0) is 25.5. The van der Waals surface area contributed by atoms with E-state index in [1.807, 2.05) is 14.7 Å². The molecule has 0 atom stereocenters. The van der Waals surface area contributed by atoms with Gasteiger partial charge in [-0.15, -0.1) is 11.8 Å². The van der Waals surface area contributed by atoms with Crippen LogP contribution in [0.1, 0.15) is 51.9 Å². The molecule has 36 heavy (non-hydrogen) atoms. The first-order valence-electron chi connectivity index (χ1n) is 12.9. The molecule has 12 heteroatoms. The molecular formula is C24H37N5O5S2. The standard InChI is InChI=1S/C24H37N5O5S2/c1-17-2-4-18(5-3-17)29(23(32)26-22-25-16-21(36-22)35-15-8-20(30)31)19-6-9-27(10-7-19)24(33)28-11-13-34-14-12-28/h16-19H,2-15H2,1H3,(H,30,31)(H,25,26,32). The van der Waals surface area contributed by atoms with E-state index in [9.17, 15) is 14.4 Å². The number of aromatic nitrogens is 1. The van der Waals surface area contributed by atoms with Gasteiger partial charge in [0.15, 0.2) is 5.13 Å². The minimum absolute atomic E-state index is 0.0787. The molecule has 2 N–H and O–H groups in total. The van der Waals surface area contributed by atoms with Gasteiger partial charge in [-0.1, -0.05) is 18.3 Å². The second kappa shape index (κ2) is 13.0. The summed E-state index contributed by atoms with van der Waals surface area (Å²) in [6.45, 7) is 6.02. The SMILES string of the molecule is CC1CCC(N(C(=O)Nc2ncc(SCCC(=O)O)s2)C2CCN(C(=O)N3CCOCC3)CC2)CC1. The predicted molar refractivity (Wildman–Crippen MR) is 140 cm³/mol. The number of carbonyl (C=O) groups is 3. The largest absolute Gasteiger partial charge is 0.481 e. The quantitative estimate of drug-likeness (QED) is 0.503. The Morgan fingerprint density at radius 3 is 2.39 bits per heavy atom. The normalized spacial score (nSPS) is 23.4. The van der Waals surface area contributed by atoms with Gasteiger partial charge < -0.3 is 24.5 Å². The zero-order valence-electron chi connectivity index (χ0n) is 20.9. The maximum Gasteiger partial charge on any atom is 0.324 e. The number of amides is 4. The Morgan fingerprint density at radius 1 is 1.08 bits per heavy atom. The van der Waals surface area contributed by atoms with E-state index in [1.54, 1.807) is 6.20 Å². The van der Waals surface area contributed by atoms with Gasteiger partial charge in [-0.25, -0.2) is 14.6 Å². The molecule has 2 aliphatic heterocycles. The minimum atomic E-state index is -0.823. The van der Waals surface area contributed by atoms with Gasteiger partial charge in [-0.3, -0.25) is 10.1 Å². The van der Waals surface area contributed by atoms with Gasteiger partial charge in [0.05, 0.1) is 30.0 Å². The summed E-state index contributed by atoms with van der Waals surface area (Å²) in [6.07, 6.45) is 7.54. The van der Waals surface area contributed by atoms with Crippen molar-refractivity contribution in [2.75, 3.05) is 50.5 Å². The maximum atomic E-state index is 13.6. The zero-order valence-corrected chi connectivity index (χ0v) is 22.5. The number of nitrogens with zero attached hydrogens (tertiary/aromatic N) is 4. The number of morpholine rings is 1. The number of aliphatic carboxylic acids is 1. The summed E-state index contributed by atoms with van der Waals surface area (Å²) in [5.74, 6) is 0.332. The molecule has 3 aliphatic rings. The summed E-state index contributed by atoms with van der Waals surface area (Å²) < 4.78 is 6.26. The van der Waals surface area contributed by atoms with Crippen molar-refractivity contribution in [2.45, 2.75) is 68.2 Å². The van der Waals surface area contributed by atoms with E-state index in [-0.39, 0.29) is 30.6 Å². The summed E-state index contributed by atoms with van der Waals surface area (Å²) in [5, 5.41) is 12.4. The number of nitrogens with one attached hydrogen (secondary N) is 1. The third-order valence-corrected chi connectivity index (χ3v) is 9.39. The number of thioether (sulfide) groups is 1. The van der Waals surface area contributed by atoms with Crippen LogP contribution >= 0.6 is 23.1 Å². The highest BCUT2D eigenvalue weighted by molar-refractivity contribution is 8.01. The average Bonchev–Trinajstić information content (AvgIpc) is 3.32. The molecule has 4 rings (SSSR count). The number of urea groups is 2. The van der Waals surface area contributed by atoms with Gasteiger partial charge >= 0.3 is 18.0 Å². The number of likely N-dealkylation sites (tertiary alicyclic amines) is 1. The van der Waals surface area contributed by atoms with E-state index < -0.39 is 5.97 Å².